The number of ether oxygens (including phenoxy) is 1. The number of nitrogens with zero attached hydrogens (tertiary/aromatic N) is 1. The van der Waals surface area contributed by atoms with Crippen LogP contribution in [-0.4, -0.2) is 91.8 Å². The van der Waals surface area contributed by atoms with Crippen molar-refractivity contribution in [1.82, 2.24) is 20.9 Å². The van der Waals surface area contributed by atoms with Crippen molar-refractivity contribution >= 4 is 39.5 Å². The van der Waals surface area contributed by atoms with E-state index < -0.39 is 12.1 Å². The van der Waals surface area contributed by atoms with Gasteiger partial charge in [-0.1, -0.05) is 93.5 Å². The highest BCUT2D eigenvalue weighted by Gasteiger charge is 2.59. The Kier molecular flexibility index (Phi) is 23.0. The molecule has 368 valence electrons. The summed E-state index contributed by atoms with van der Waals surface area (Å²) in [5, 5.41) is 10.4. The highest BCUT2D eigenvalue weighted by molar-refractivity contribution is 8.77. The third kappa shape index (κ3) is 15.5. The number of hydrogen-bond acceptors (Lipinski definition) is 9. The molecule has 12 heteroatoms. The molecule has 1 aliphatic heterocycles. The van der Waals surface area contributed by atoms with E-state index in [9.17, 15) is 14.4 Å². The average Bonchev–Trinajstić information content (AvgIpc) is 3.93. The van der Waals surface area contributed by atoms with Gasteiger partial charge in [-0.3, -0.25) is 9.59 Å². The minimum atomic E-state index is -0.691. The Hall–Kier alpha value is -1.47. The average molecular weight is 931 g/mol. The van der Waals surface area contributed by atoms with E-state index in [1.165, 1.54) is 75.5 Å². The quantitative estimate of drug-likeness (QED) is 0.0280. The summed E-state index contributed by atoms with van der Waals surface area (Å²) in [4.78, 5) is 42.6. The van der Waals surface area contributed by atoms with Crippen LogP contribution in [-0.2, 0) is 14.3 Å². The van der Waals surface area contributed by atoms with Gasteiger partial charge in [0.2, 0.25) is 11.8 Å². The molecule has 0 aromatic carbocycles. The van der Waals surface area contributed by atoms with Crippen LogP contribution in [0.5, 0.6) is 0 Å². The molecule has 4 fully saturated rings. The van der Waals surface area contributed by atoms with Crippen molar-refractivity contribution < 1.29 is 19.1 Å². The number of nitrogens with one attached hydrogen (secondary N) is 3. The minimum Gasteiger partial charge on any atom is -0.446 e. The Morgan fingerprint density at radius 3 is 2.38 bits per heavy atom. The number of rotatable bonds is 29. The molecule has 10 nitrogen and oxygen atoms in total. The number of amides is 3. The summed E-state index contributed by atoms with van der Waals surface area (Å²) in [6.07, 6.45) is 25.8. The summed E-state index contributed by atoms with van der Waals surface area (Å²) in [5.74, 6) is 6.05. The number of alkyl carbamates (subject to hydrolysis) is 1. The number of fused-ring (bicyclic) bond motifs is 5. The lowest BCUT2D eigenvalue weighted by molar-refractivity contribution is -0.133. The third-order valence-corrected chi connectivity index (χ3v) is 19.8. The Labute approximate surface area is 398 Å². The lowest BCUT2D eigenvalue weighted by Crippen LogP contribution is -2.52. The van der Waals surface area contributed by atoms with Crippen LogP contribution in [0.4, 0.5) is 4.79 Å². The number of unbranched alkanes of at least 4 members (excludes halogenated alkanes) is 3. The predicted molar refractivity (Wildman–Crippen MR) is 270 cm³/mol. The molecule has 10 unspecified atom stereocenters. The number of allylic oxidation sites excluding steroid dienone is 1. The lowest BCUT2D eigenvalue weighted by atomic mass is 9.47. The van der Waals surface area contributed by atoms with Crippen LogP contribution >= 0.6 is 21.6 Å². The molecule has 7 N–H and O–H groups in total. The Balaban J connectivity index is 1.14. The fraction of sp³-hybridized carbons (Fsp3) is 0.904. The normalized spacial score (nSPS) is 29.6. The number of carbonyl (C=O) groups excluding carboxylic acids is 3. The summed E-state index contributed by atoms with van der Waals surface area (Å²) in [7, 11) is 3.97. The van der Waals surface area contributed by atoms with Crippen molar-refractivity contribution in [3.63, 3.8) is 0 Å². The fourth-order valence-electron chi connectivity index (χ4n) is 13.1. The molecule has 3 amide bonds. The first-order valence-electron chi connectivity index (χ1n) is 26.5. The smallest absolute Gasteiger partial charge is 0.408 e. The first-order valence-corrected chi connectivity index (χ1v) is 28.9. The van der Waals surface area contributed by atoms with Gasteiger partial charge in [0.05, 0.1) is 0 Å². The second-order valence-corrected chi connectivity index (χ2v) is 24.5. The van der Waals surface area contributed by atoms with Gasteiger partial charge in [-0.15, -0.1) is 0 Å². The summed E-state index contributed by atoms with van der Waals surface area (Å²) < 4.78 is 6.26. The predicted octanol–water partition coefficient (Wildman–Crippen LogP) is 10.4. The van der Waals surface area contributed by atoms with Crippen molar-refractivity contribution in [2.24, 2.45) is 57.8 Å². The van der Waals surface area contributed by atoms with Crippen LogP contribution in [0.3, 0.4) is 0 Å². The molecule has 0 radical (unpaired) electrons. The highest BCUT2D eigenvalue weighted by Crippen LogP contribution is 2.67. The summed E-state index contributed by atoms with van der Waals surface area (Å²) in [6.45, 7) is 17.2. The minimum absolute atomic E-state index is 0.0648. The van der Waals surface area contributed by atoms with E-state index in [1.807, 2.05) is 26.5 Å². The number of carbonyl (C=O) groups is 3. The van der Waals surface area contributed by atoms with Gasteiger partial charge in [-0.25, -0.2) is 4.79 Å². The third-order valence-electron chi connectivity index (χ3n) is 16.8. The van der Waals surface area contributed by atoms with Gasteiger partial charge < -0.3 is 37.1 Å². The van der Waals surface area contributed by atoms with Gasteiger partial charge in [0, 0.05) is 43.5 Å². The maximum Gasteiger partial charge on any atom is 0.408 e. The van der Waals surface area contributed by atoms with Gasteiger partial charge in [-0.2, -0.15) is 0 Å². The van der Waals surface area contributed by atoms with Gasteiger partial charge >= 0.3 is 6.09 Å². The molecule has 0 aromatic rings. The molecule has 5 aliphatic rings. The maximum atomic E-state index is 14.3. The van der Waals surface area contributed by atoms with Crippen LogP contribution in [0.2, 0.25) is 0 Å². The van der Waals surface area contributed by atoms with Crippen molar-refractivity contribution in [2.75, 3.05) is 51.6 Å². The highest BCUT2D eigenvalue weighted by atomic mass is 33.1. The number of hydrogen-bond donors (Lipinski definition) is 5. The van der Waals surface area contributed by atoms with Crippen LogP contribution < -0.4 is 27.4 Å². The standard InChI is InChI=1S/C52H94N6O4S2/c1-38(2)15-12-16-39(3)44-22-23-45-43-21-20-40-37-41(24-27-51(40,4)46(43)25-28-52(44,45)5)62-50(61)57-47(49(60)58(35-14-30-54)34-11-10-31-55-32-13-29-53)18-8-9-33-56-48(59)19-7-6-17-42-26-36-63-64-42/h20,38-39,41-47,55H,6-19,21-37,53-54H2,1-5H3,(H,56,59)(H,57,61). The van der Waals surface area contributed by atoms with Crippen LogP contribution in [0, 0.1) is 46.3 Å². The van der Waals surface area contributed by atoms with Crippen LogP contribution in [0.1, 0.15) is 182 Å². The first kappa shape index (κ1) is 53.5. The van der Waals surface area contributed by atoms with Gasteiger partial charge in [-0.05, 0) is 182 Å². The van der Waals surface area contributed by atoms with E-state index in [4.69, 9.17) is 16.2 Å². The molecular formula is C52H94N6O4S2. The molecule has 4 aliphatic carbocycles. The largest absolute Gasteiger partial charge is 0.446 e. The molecule has 10 atom stereocenters. The van der Waals surface area contributed by atoms with Gasteiger partial charge in [0.15, 0.2) is 0 Å². The Bertz CT molecular complexity index is 1450. The van der Waals surface area contributed by atoms with E-state index in [1.54, 1.807) is 0 Å². The summed E-state index contributed by atoms with van der Waals surface area (Å²) in [5.41, 5.74) is 13.7. The molecule has 0 bridgehead atoms. The van der Waals surface area contributed by atoms with Crippen molar-refractivity contribution in [1.29, 1.82) is 0 Å². The molecular weight excluding hydrogens is 837 g/mol. The zero-order chi connectivity index (χ0) is 46.0. The SMILES string of the molecule is CC(C)CCCC(C)C1CCC2C3CC=C4CC(OC(=O)NC(CCCCNC(=O)CCCCC5CCSS5)C(=O)N(CCCN)CCCCNCCCN)CCC4(C)C3CCC12C. The van der Waals surface area contributed by atoms with Crippen molar-refractivity contribution in [3.8, 4) is 0 Å². The van der Waals surface area contributed by atoms with Gasteiger partial charge in [0.1, 0.15) is 12.1 Å². The molecule has 3 saturated carbocycles. The fourth-order valence-corrected chi connectivity index (χ4v) is 16.1. The van der Waals surface area contributed by atoms with Crippen molar-refractivity contribution in [3.05, 3.63) is 11.6 Å². The van der Waals surface area contributed by atoms with E-state index in [2.05, 4.69) is 56.6 Å². The topological polar surface area (TPSA) is 152 Å². The zero-order valence-electron chi connectivity index (χ0n) is 41.2. The molecule has 64 heavy (non-hydrogen) atoms. The first-order chi connectivity index (χ1) is 30.9. The monoisotopic (exact) mass is 931 g/mol. The maximum absolute atomic E-state index is 14.3. The molecule has 0 spiro atoms. The second-order valence-electron chi connectivity index (χ2n) is 21.7. The second kappa shape index (κ2) is 27.5. The van der Waals surface area contributed by atoms with Gasteiger partial charge in [0.25, 0.3) is 0 Å². The zero-order valence-corrected chi connectivity index (χ0v) is 42.9. The Morgan fingerprint density at radius 1 is 0.828 bits per heavy atom. The van der Waals surface area contributed by atoms with Crippen molar-refractivity contribution in [2.45, 2.75) is 200 Å². The van der Waals surface area contributed by atoms with E-state index in [0.29, 0.717) is 69.7 Å². The molecule has 1 heterocycles. The molecule has 5 rings (SSSR count). The van der Waals surface area contributed by atoms with Crippen LogP contribution in [0.15, 0.2) is 11.6 Å². The molecule has 0 aromatic heterocycles. The van der Waals surface area contributed by atoms with Crippen LogP contribution in [0.25, 0.3) is 0 Å². The molecule has 1 saturated heterocycles. The summed E-state index contributed by atoms with van der Waals surface area (Å²) >= 11 is 0. The lowest BCUT2D eigenvalue weighted by Gasteiger charge is -2.58. The summed E-state index contributed by atoms with van der Waals surface area (Å²) in [6, 6.07) is -0.691. The van der Waals surface area contributed by atoms with E-state index in [-0.39, 0.29) is 23.3 Å². The Morgan fingerprint density at radius 2 is 1.61 bits per heavy atom. The number of nitrogens with two attached hydrogens (primary N) is 2. The van der Waals surface area contributed by atoms with E-state index in [0.717, 1.165) is 106 Å². The van der Waals surface area contributed by atoms with E-state index >= 15 is 0 Å².